The van der Waals surface area contributed by atoms with Gasteiger partial charge in [-0.1, -0.05) is 25.8 Å². The van der Waals surface area contributed by atoms with Crippen LogP contribution in [0.15, 0.2) is 24.4 Å². The lowest BCUT2D eigenvalue weighted by molar-refractivity contribution is 0.0323. The van der Waals surface area contributed by atoms with Gasteiger partial charge in [-0.05, 0) is 36.6 Å². The minimum absolute atomic E-state index is 0.621. The van der Waals surface area contributed by atoms with Crippen LogP contribution in [-0.2, 0) is 11.2 Å². The van der Waals surface area contributed by atoms with Crippen LogP contribution in [0.4, 0.5) is 5.82 Å². The third-order valence-corrected chi connectivity index (χ3v) is 3.93. The van der Waals surface area contributed by atoms with Crippen LogP contribution in [0.5, 0.6) is 0 Å². The monoisotopic (exact) mass is 348 g/mol. The molecule has 7 nitrogen and oxygen atoms in total. The third kappa shape index (κ3) is 5.54. The third-order valence-electron chi connectivity index (χ3n) is 3.93. The van der Waals surface area contributed by atoms with E-state index in [0.717, 1.165) is 35.6 Å². The van der Waals surface area contributed by atoms with Gasteiger partial charge in [0.15, 0.2) is 0 Å². The van der Waals surface area contributed by atoms with Crippen molar-refractivity contribution in [3.63, 3.8) is 0 Å². The summed E-state index contributed by atoms with van der Waals surface area (Å²) in [5.41, 5.74) is 4.61. The number of anilines is 1. The number of hydroxylamine groups is 1. The summed E-state index contributed by atoms with van der Waals surface area (Å²) in [6.07, 6.45) is 8.48. The maximum Gasteiger partial charge on any atom is 0.146 e. The van der Waals surface area contributed by atoms with Crippen LogP contribution in [0, 0.1) is 0 Å². The Bertz CT molecular complexity index is 684. The Morgan fingerprint density at radius 3 is 2.92 bits per heavy atom. The molecule has 0 aliphatic rings. The number of rotatable bonds is 11. The highest BCUT2D eigenvalue weighted by Crippen LogP contribution is 2.21. The molecule has 0 saturated heterocycles. The molecule has 2 rings (SSSR count). The van der Waals surface area contributed by atoms with E-state index in [0.29, 0.717) is 13.2 Å². The van der Waals surface area contributed by atoms with Crippen LogP contribution in [0.1, 0.15) is 37.4 Å². The molecule has 0 aliphatic heterocycles. The molecule has 4 N–H and O–H groups in total. The summed E-state index contributed by atoms with van der Waals surface area (Å²) in [5, 5.41) is 21.4. The Morgan fingerprint density at radius 1 is 1.36 bits per heavy atom. The minimum Gasteiger partial charge on any atom is -0.383 e. The predicted octanol–water partition coefficient (Wildman–Crippen LogP) is 2.44. The molecule has 1 atom stereocenters. The first-order valence-corrected chi connectivity index (χ1v) is 8.69. The van der Waals surface area contributed by atoms with Gasteiger partial charge >= 0.3 is 0 Å². The molecule has 2 aromatic heterocycles. The van der Waals surface area contributed by atoms with Crippen molar-refractivity contribution in [2.75, 3.05) is 25.6 Å². The lowest BCUT2D eigenvalue weighted by Gasteiger charge is -2.09. The number of fused-ring (bicyclic) bond motifs is 1. The first-order valence-electron chi connectivity index (χ1n) is 8.69. The van der Waals surface area contributed by atoms with Crippen LogP contribution in [-0.4, -0.2) is 46.2 Å². The summed E-state index contributed by atoms with van der Waals surface area (Å²) in [4.78, 5) is 4.75. The number of hydrogen-bond acceptors (Lipinski definition) is 6. The van der Waals surface area contributed by atoms with Crippen LogP contribution >= 0.6 is 0 Å². The van der Waals surface area contributed by atoms with Gasteiger partial charge in [-0.3, -0.25) is 4.40 Å². The maximum absolute atomic E-state index is 9.36. The molecule has 1 unspecified atom stereocenters. The lowest BCUT2D eigenvalue weighted by atomic mass is 10.1. The van der Waals surface area contributed by atoms with Gasteiger partial charge in [-0.2, -0.15) is 5.48 Å². The van der Waals surface area contributed by atoms with E-state index in [2.05, 4.69) is 12.2 Å². The average Bonchev–Trinajstić information content (AvgIpc) is 2.97. The molecule has 7 heteroatoms. The first-order chi connectivity index (χ1) is 12.2. The fourth-order valence-corrected chi connectivity index (χ4v) is 2.63. The number of aliphatic hydroxyl groups is 1. The van der Waals surface area contributed by atoms with E-state index >= 15 is 0 Å². The largest absolute Gasteiger partial charge is 0.383 e. The summed E-state index contributed by atoms with van der Waals surface area (Å²) in [5.74, 6) is 0.985. The summed E-state index contributed by atoms with van der Waals surface area (Å²) < 4.78 is 7.15. The van der Waals surface area contributed by atoms with Crippen LogP contribution < -0.4 is 10.8 Å². The smallest absolute Gasteiger partial charge is 0.146 e. The molecular weight excluding hydrogens is 320 g/mol. The van der Waals surface area contributed by atoms with Crippen molar-refractivity contribution in [3.8, 4) is 0 Å². The topological polar surface area (TPSA) is 91.1 Å². The fraction of sp³-hybridized carbons (Fsp3) is 0.500. The number of aromatic nitrogens is 2. The zero-order valence-corrected chi connectivity index (χ0v) is 14.9. The molecule has 0 aromatic carbocycles. The molecule has 0 aliphatic carbocycles. The van der Waals surface area contributed by atoms with E-state index in [1.165, 1.54) is 18.9 Å². The van der Waals surface area contributed by atoms with E-state index in [1.807, 2.05) is 22.7 Å². The standard InChI is InChI=1S/C18H28N4O3/c1-3-4-5-6-15-18(19-11-12-25-2)22-13-14(7-9-16(22)20-15)8-10-17(23)21-24/h7-10,13,17,19,21,23-24H,3-6,11-12H2,1-2H3. The lowest BCUT2D eigenvalue weighted by Crippen LogP contribution is -2.21. The van der Waals surface area contributed by atoms with Gasteiger partial charge in [0.05, 0.1) is 12.3 Å². The number of methoxy groups -OCH3 is 1. The Hall–Kier alpha value is -1.93. The quantitative estimate of drug-likeness (QED) is 0.283. The van der Waals surface area contributed by atoms with Crippen molar-refractivity contribution in [2.45, 2.75) is 38.8 Å². The molecule has 2 aromatic rings. The number of nitrogens with zero attached hydrogens (tertiary/aromatic N) is 2. The zero-order chi connectivity index (χ0) is 18.1. The van der Waals surface area contributed by atoms with Gasteiger partial charge in [0, 0.05) is 19.9 Å². The number of nitrogens with one attached hydrogen (secondary N) is 2. The van der Waals surface area contributed by atoms with Crippen molar-refractivity contribution >= 4 is 17.5 Å². The van der Waals surface area contributed by atoms with E-state index in [9.17, 15) is 5.11 Å². The Balaban J connectivity index is 2.29. The molecular formula is C18H28N4O3. The highest BCUT2D eigenvalue weighted by molar-refractivity contribution is 5.60. The second-order valence-corrected chi connectivity index (χ2v) is 5.91. The van der Waals surface area contributed by atoms with E-state index in [4.69, 9.17) is 14.9 Å². The van der Waals surface area contributed by atoms with Gasteiger partial charge in [-0.15, -0.1) is 0 Å². The number of imidazole rings is 1. The molecule has 0 saturated carbocycles. The Kier molecular flexibility index (Phi) is 7.87. The predicted molar refractivity (Wildman–Crippen MR) is 98.7 cm³/mol. The van der Waals surface area contributed by atoms with E-state index in [1.54, 1.807) is 18.7 Å². The summed E-state index contributed by atoms with van der Waals surface area (Å²) >= 11 is 0. The number of unbranched alkanes of at least 4 members (excludes halogenated alkanes) is 2. The Labute approximate surface area is 148 Å². The van der Waals surface area contributed by atoms with Crippen molar-refractivity contribution in [1.29, 1.82) is 0 Å². The van der Waals surface area contributed by atoms with Gasteiger partial charge in [0.25, 0.3) is 0 Å². The summed E-state index contributed by atoms with van der Waals surface area (Å²) in [6.45, 7) is 3.52. The molecule has 0 fully saturated rings. The molecule has 0 bridgehead atoms. The van der Waals surface area contributed by atoms with Crippen LogP contribution in [0.3, 0.4) is 0 Å². The molecule has 138 valence electrons. The van der Waals surface area contributed by atoms with E-state index < -0.39 is 6.23 Å². The molecule has 0 spiro atoms. The highest BCUT2D eigenvalue weighted by Gasteiger charge is 2.12. The van der Waals surface area contributed by atoms with Crippen LogP contribution in [0.25, 0.3) is 11.7 Å². The van der Waals surface area contributed by atoms with Crippen molar-refractivity contribution < 1.29 is 15.1 Å². The minimum atomic E-state index is -1.10. The molecule has 0 amide bonds. The maximum atomic E-state index is 9.36. The van der Waals surface area contributed by atoms with Crippen LogP contribution in [0.2, 0.25) is 0 Å². The summed E-state index contributed by atoms with van der Waals surface area (Å²) in [6, 6.07) is 3.88. The molecule has 25 heavy (non-hydrogen) atoms. The second-order valence-electron chi connectivity index (χ2n) is 5.91. The van der Waals surface area contributed by atoms with Crippen molar-refractivity contribution in [2.24, 2.45) is 0 Å². The van der Waals surface area contributed by atoms with E-state index in [-0.39, 0.29) is 0 Å². The number of aryl methyl sites for hydroxylation is 1. The number of aliphatic hydroxyl groups excluding tert-OH is 1. The summed E-state index contributed by atoms with van der Waals surface area (Å²) in [7, 11) is 1.68. The van der Waals surface area contributed by atoms with Crippen molar-refractivity contribution in [3.05, 3.63) is 35.7 Å². The normalized spacial score (nSPS) is 13.0. The van der Waals surface area contributed by atoms with Gasteiger partial charge in [0.1, 0.15) is 17.7 Å². The number of pyridine rings is 1. The highest BCUT2D eigenvalue weighted by atomic mass is 16.5. The van der Waals surface area contributed by atoms with Gasteiger partial charge in [-0.25, -0.2) is 4.98 Å². The SMILES string of the molecule is CCCCCc1nc2ccc(C=CC(O)NO)cn2c1NCCOC. The molecule has 2 heterocycles. The Morgan fingerprint density at radius 2 is 2.20 bits per heavy atom. The second kappa shape index (κ2) is 10.1. The van der Waals surface area contributed by atoms with Gasteiger partial charge in [0.2, 0.25) is 0 Å². The van der Waals surface area contributed by atoms with Gasteiger partial charge < -0.3 is 20.4 Å². The van der Waals surface area contributed by atoms with Crippen molar-refractivity contribution in [1.82, 2.24) is 14.9 Å². The fourth-order valence-electron chi connectivity index (χ4n) is 2.63. The average molecular weight is 348 g/mol. The number of ether oxygens (including phenoxy) is 1. The number of hydrogen-bond donors (Lipinski definition) is 4. The zero-order valence-electron chi connectivity index (χ0n) is 14.9. The first kappa shape index (κ1) is 19.4. The molecule has 0 radical (unpaired) electrons.